The summed E-state index contributed by atoms with van der Waals surface area (Å²) in [6.45, 7) is 5.09. The monoisotopic (exact) mass is 274 g/mol. The Morgan fingerprint density at radius 1 is 1.33 bits per heavy atom. The molecule has 2 aliphatic carbocycles. The Hall–Kier alpha value is -0.280. The van der Waals surface area contributed by atoms with Crippen molar-refractivity contribution in [2.75, 3.05) is 13.6 Å². The van der Waals surface area contributed by atoms with Crippen LogP contribution in [0.1, 0.15) is 39.5 Å². The van der Waals surface area contributed by atoms with E-state index < -0.39 is 0 Å². The van der Waals surface area contributed by atoms with Crippen LogP contribution in [0.2, 0.25) is 0 Å². The predicted molar refractivity (Wildman–Crippen MR) is 76.6 cm³/mol. The van der Waals surface area contributed by atoms with Crippen molar-refractivity contribution in [3.8, 4) is 0 Å². The number of amides is 1. The van der Waals surface area contributed by atoms with Crippen molar-refractivity contribution < 1.29 is 4.79 Å². The largest absolute Gasteiger partial charge is 0.345 e. The zero-order valence-electron chi connectivity index (χ0n) is 11.8. The molecule has 2 aliphatic rings. The maximum Gasteiger partial charge on any atom is 0.226 e. The van der Waals surface area contributed by atoms with Gasteiger partial charge in [-0.15, -0.1) is 12.4 Å². The number of rotatable bonds is 5. The minimum absolute atomic E-state index is 0. The van der Waals surface area contributed by atoms with Gasteiger partial charge in [-0.2, -0.15) is 0 Å². The molecule has 4 heteroatoms. The molecule has 2 rings (SSSR count). The summed E-state index contributed by atoms with van der Waals surface area (Å²) in [5.41, 5.74) is 6.01. The van der Waals surface area contributed by atoms with Gasteiger partial charge in [0.15, 0.2) is 0 Å². The van der Waals surface area contributed by atoms with E-state index in [0.29, 0.717) is 17.7 Å². The lowest BCUT2D eigenvalue weighted by molar-refractivity contribution is -0.132. The van der Waals surface area contributed by atoms with E-state index in [1.165, 1.54) is 19.3 Å². The second kappa shape index (κ2) is 6.25. The van der Waals surface area contributed by atoms with E-state index >= 15 is 0 Å². The summed E-state index contributed by atoms with van der Waals surface area (Å²) in [4.78, 5) is 14.1. The molecule has 106 valence electrons. The van der Waals surface area contributed by atoms with E-state index in [0.717, 1.165) is 24.8 Å². The average Bonchev–Trinajstić information content (AvgIpc) is 2.77. The van der Waals surface area contributed by atoms with Crippen LogP contribution in [0, 0.1) is 23.7 Å². The number of nitrogens with two attached hydrogens (primary N) is 1. The van der Waals surface area contributed by atoms with E-state index in [1.54, 1.807) is 0 Å². The molecule has 0 aromatic heterocycles. The first-order chi connectivity index (χ1) is 8.02. The van der Waals surface area contributed by atoms with Crippen molar-refractivity contribution in [1.29, 1.82) is 0 Å². The standard InChI is InChI=1S/C14H26N2O.ClH/c1-9(2)12(15)7-8-16(3)14(17)13-10-5-4-6-11(10)13;/h9-13H,4-8,15H2,1-3H3;1H. The summed E-state index contributed by atoms with van der Waals surface area (Å²) in [6.07, 6.45) is 4.81. The molecule has 0 radical (unpaired) electrons. The van der Waals surface area contributed by atoms with Gasteiger partial charge in [0.1, 0.15) is 0 Å². The van der Waals surface area contributed by atoms with E-state index in [4.69, 9.17) is 5.73 Å². The molecule has 0 aromatic carbocycles. The Morgan fingerprint density at radius 3 is 2.39 bits per heavy atom. The van der Waals surface area contributed by atoms with Crippen molar-refractivity contribution in [2.24, 2.45) is 29.4 Å². The lowest BCUT2D eigenvalue weighted by atomic mass is 10.0. The van der Waals surface area contributed by atoms with E-state index in [-0.39, 0.29) is 18.4 Å². The molecular formula is C14H27ClN2O. The van der Waals surface area contributed by atoms with Gasteiger partial charge in [0, 0.05) is 25.6 Å². The highest BCUT2D eigenvalue weighted by Crippen LogP contribution is 2.57. The molecule has 0 bridgehead atoms. The van der Waals surface area contributed by atoms with Gasteiger partial charge in [0.25, 0.3) is 0 Å². The molecular weight excluding hydrogens is 248 g/mol. The van der Waals surface area contributed by atoms with Gasteiger partial charge in [0.2, 0.25) is 5.91 Å². The second-order valence-corrected chi connectivity index (χ2v) is 6.24. The highest BCUT2D eigenvalue weighted by atomic mass is 35.5. The second-order valence-electron chi connectivity index (χ2n) is 6.24. The highest BCUT2D eigenvalue weighted by Gasteiger charge is 2.57. The minimum Gasteiger partial charge on any atom is -0.345 e. The Labute approximate surface area is 117 Å². The molecule has 0 saturated heterocycles. The molecule has 2 N–H and O–H groups in total. The van der Waals surface area contributed by atoms with E-state index in [2.05, 4.69) is 13.8 Å². The number of fused-ring (bicyclic) bond motifs is 1. The summed E-state index contributed by atoms with van der Waals surface area (Å²) in [5.74, 6) is 2.69. The zero-order valence-corrected chi connectivity index (χ0v) is 12.6. The summed E-state index contributed by atoms with van der Waals surface area (Å²) in [5, 5.41) is 0. The molecule has 3 unspecified atom stereocenters. The molecule has 3 nitrogen and oxygen atoms in total. The van der Waals surface area contributed by atoms with E-state index in [9.17, 15) is 4.79 Å². The van der Waals surface area contributed by atoms with Crippen LogP contribution in [-0.2, 0) is 4.79 Å². The van der Waals surface area contributed by atoms with Crippen LogP contribution >= 0.6 is 12.4 Å². The summed E-state index contributed by atoms with van der Waals surface area (Å²) < 4.78 is 0. The van der Waals surface area contributed by atoms with Crippen molar-refractivity contribution in [3.63, 3.8) is 0 Å². The number of hydrogen-bond acceptors (Lipinski definition) is 2. The zero-order chi connectivity index (χ0) is 12.6. The third-order valence-corrected chi connectivity index (χ3v) is 4.72. The van der Waals surface area contributed by atoms with Crippen molar-refractivity contribution in [1.82, 2.24) is 4.90 Å². The van der Waals surface area contributed by atoms with E-state index in [1.807, 2.05) is 11.9 Å². The Kier molecular flexibility index (Phi) is 5.47. The van der Waals surface area contributed by atoms with Crippen LogP contribution in [0.25, 0.3) is 0 Å². The fourth-order valence-corrected chi connectivity index (χ4v) is 3.23. The van der Waals surface area contributed by atoms with Crippen molar-refractivity contribution >= 4 is 18.3 Å². The Balaban J connectivity index is 0.00000162. The van der Waals surface area contributed by atoms with Crippen molar-refractivity contribution in [3.05, 3.63) is 0 Å². The number of hydrogen-bond donors (Lipinski definition) is 1. The Bertz CT molecular complexity index is 286. The number of carbonyl (C=O) groups excluding carboxylic acids is 1. The molecule has 2 fully saturated rings. The summed E-state index contributed by atoms with van der Waals surface area (Å²) in [7, 11) is 1.93. The lowest BCUT2D eigenvalue weighted by Crippen LogP contribution is -2.35. The van der Waals surface area contributed by atoms with Crippen LogP contribution < -0.4 is 5.73 Å². The first-order valence-corrected chi connectivity index (χ1v) is 7.03. The third kappa shape index (κ3) is 3.18. The minimum atomic E-state index is 0. The lowest BCUT2D eigenvalue weighted by Gasteiger charge is -2.22. The molecule has 0 aliphatic heterocycles. The summed E-state index contributed by atoms with van der Waals surface area (Å²) in [6, 6.07) is 0.212. The Morgan fingerprint density at radius 2 is 1.89 bits per heavy atom. The fourth-order valence-electron chi connectivity index (χ4n) is 3.23. The number of carbonyl (C=O) groups is 1. The quantitative estimate of drug-likeness (QED) is 0.836. The molecule has 1 amide bonds. The average molecular weight is 275 g/mol. The van der Waals surface area contributed by atoms with Gasteiger partial charge in [-0.3, -0.25) is 4.79 Å². The fraction of sp³-hybridized carbons (Fsp3) is 0.929. The molecule has 0 aromatic rings. The van der Waals surface area contributed by atoms with Gasteiger partial charge < -0.3 is 10.6 Å². The van der Waals surface area contributed by atoms with Crippen LogP contribution in [0.15, 0.2) is 0 Å². The van der Waals surface area contributed by atoms with Crippen LogP contribution in [-0.4, -0.2) is 30.4 Å². The summed E-state index contributed by atoms with van der Waals surface area (Å²) >= 11 is 0. The van der Waals surface area contributed by atoms with Crippen LogP contribution in [0.4, 0.5) is 0 Å². The molecule has 3 atom stereocenters. The van der Waals surface area contributed by atoms with Gasteiger partial charge in [-0.1, -0.05) is 20.3 Å². The van der Waals surface area contributed by atoms with Crippen LogP contribution in [0.5, 0.6) is 0 Å². The normalized spacial score (nSPS) is 30.6. The topological polar surface area (TPSA) is 46.3 Å². The first-order valence-electron chi connectivity index (χ1n) is 7.03. The maximum atomic E-state index is 12.2. The molecule has 0 spiro atoms. The predicted octanol–water partition coefficient (Wildman–Crippen LogP) is 2.29. The smallest absolute Gasteiger partial charge is 0.226 e. The maximum absolute atomic E-state index is 12.2. The molecule has 0 heterocycles. The number of halogens is 1. The first kappa shape index (κ1) is 15.8. The number of nitrogens with zero attached hydrogens (tertiary/aromatic N) is 1. The molecule has 2 saturated carbocycles. The highest BCUT2D eigenvalue weighted by molar-refractivity contribution is 5.85. The van der Waals surface area contributed by atoms with Gasteiger partial charge >= 0.3 is 0 Å². The molecule has 18 heavy (non-hydrogen) atoms. The third-order valence-electron chi connectivity index (χ3n) is 4.72. The van der Waals surface area contributed by atoms with Crippen LogP contribution in [0.3, 0.4) is 0 Å². The van der Waals surface area contributed by atoms with Gasteiger partial charge in [0.05, 0.1) is 0 Å². The van der Waals surface area contributed by atoms with Crippen molar-refractivity contribution in [2.45, 2.75) is 45.6 Å². The van der Waals surface area contributed by atoms with Gasteiger partial charge in [-0.05, 0) is 37.0 Å². The van der Waals surface area contributed by atoms with Gasteiger partial charge in [-0.25, -0.2) is 0 Å². The SMILES string of the molecule is CC(C)C(N)CCN(C)C(=O)C1C2CCCC21.Cl.